The molecule has 0 saturated carbocycles. The number of nitrogens with one attached hydrogen (secondary N) is 2. The lowest BCUT2D eigenvalue weighted by molar-refractivity contribution is 0.0993. The molecule has 0 heterocycles. The molecule has 0 aliphatic rings. The van der Waals surface area contributed by atoms with E-state index >= 15 is 0 Å². The van der Waals surface area contributed by atoms with Gasteiger partial charge in [0, 0.05) is 0 Å². The van der Waals surface area contributed by atoms with Crippen molar-refractivity contribution in [2.75, 3.05) is 10.5 Å². The zero-order valence-corrected chi connectivity index (χ0v) is 18.9. The summed E-state index contributed by atoms with van der Waals surface area (Å²) in [4.78, 5) is 11.3. The first kappa shape index (κ1) is 25.5. The standard InChI is InChI=1S/C23H39N2O3S/c1-2-3-4-5-6-7-8-9-10-11-12-13-14-17-20-29(27,28)25-22-19-16-15-18-21(22)23(24)26/h15-16,18-19,24-25H,2-14,17,20H2,1H3. The lowest BCUT2D eigenvalue weighted by Crippen LogP contribution is -2.18. The van der Waals surface area contributed by atoms with Gasteiger partial charge in [0.05, 0.1) is 17.0 Å². The van der Waals surface area contributed by atoms with Crippen LogP contribution in [0.2, 0.25) is 0 Å². The van der Waals surface area contributed by atoms with Crippen LogP contribution >= 0.6 is 0 Å². The molecule has 2 N–H and O–H groups in total. The number of rotatable bonds is 18. The number of hydrogen-bond donors (Lipinski definition) is 1. The van der Waals surface area contributed by atoms with Gasteiger partial charge < -0.3 is 0 Å². The Kier molecular flexibility index (Phi) is 13.4. The number of amides is 1. The van der Waals surface area contributed by atoms with Crippen LogP contribution in [0.5, 0.6) is 0 Å². The van der Waals surface area contributed by atoms with E-state index < -0.39 is 15.9 Å². The van der Waals surface area contributed by atoms with Crippen LogP contribution in [0, 0.1) is 0 Å². The molecule has 165 valence electrons. The molecular weight excluding hydrogens is 384 g/mol. The lowest BCUT2D eigenvalue weighted by atomic mass is 10.0. The Balaban J connectivity index is 2.05. The van der Waals surface area contributed by atoms with E-state index in [-0.39, 0.29) is 17.0 Å². The maximum atomic E-state index is 12.2. The highest BCUT2D eigenvalue weighted by atomic mass is 32.2. The summed E-state index contributed by atoms with van der Waals surface area (Å²) in [7, 11) is -3.49. The number of hydrogen-bond acceptors (Lipinski definition) is 3. The highest BCUT2D eigenvalue weighted by molar-refractivity contribution is 7.92. The van der Waals surface area contributed by atoms with Crippen molar-refractivity contribution in [3.05, 3.63) is 29.8 Å². The van der Waals surface area contributed by atoms with Crippen molar-refractivity contribution < 1.29 is 13.2 Å². The van der Waals surface area contributed by atoms with Gasteiger partial charge in [-0.3, -0.25) is 15.3 Å². The number of anilines is 1. The van der Waals surface area contributed by atoms with E-state index in [9.17, 15) is 13.2 Å². The molecule has 0 atom stereocenters. The minimum atomic E-state index is -3.49. The Bertz CT molecular complexity index is 674. The average molecular weight is 424 g/mol. The molecule has 0 saturated heterocycles. The third-order valence-corrected chi connectivity index (χ3v) is 6.56. The van der Waals surface area contributed by atoms with Gasteiger partial charge in [-0.1, -0.05) is 103 Å². The van der Waals surface area contributed by atoms with Crippen LogP contribution in [0.4, 0.5) is 5.69 Å². The second-order valence-corrected chi connectivity index (χ2v) is 9.73. The van der Waals surface area contributed by atoms with Gasteiger partial charge in [0.2, 0.25) is 10.0 Å². The summed E-state index contributed by atoms with van der Waals surface area (Å²) >= 11 is 0. The topological polar surface area (TPSA) is 87.0 Å². The first-order chi connectivity index (χ1) is 14.0. The van der Waals surface area contributed by atoms with Crippen molar-refractivity contribution in [2.24, 2.45) is 0 Å². The van der Waals surface area contributed by atoms with Crippen molar-refractivity contribution in [1.29, 1.82) is 0 Å². The predicted molar refractivity (Wildman–Crippen MR) is 122 cm³/mol. The van der Waals surface area contributed by atoms with Gasteiger partial charge in [0.1, 0.15) is 0 Å². The number of carbonyl (C=O) groups is 1. The van der Waals surface area contributed by atoms with Crippen LogP contribution < -0.4 is 10.5 Å². The molecular formula is C23H39N2O3S. The molecule has 29 heavy (non-hydrogen) atoms. The highest BCUT2D eigenvalue weighted by Crippen LogP contribution is 2.17. The minimum Gasteiger partial charge on any atom is -0.283 e. The summed E-state index contributed by atoms with van der Waals surface area (Å²) in [6, 6.07) is 6.24. The number of benzene rings is 1. The summed E-state index contributed by atoms with van der Waals surface area (Å²) < 4.78 is 26.9. The molecule has 0 aliphatic carbocycles. The normalized spacial score (nSPS) is 11.5. The van der Waals surface area contributed by atoms with E-state index in [0.717, 1.165) is 12.8 Å². The largest absolute Gasteiger partial charge is 0.283 e. The van der Waals surface area contributed by atoms with Gasteiger partial charge >= 0.3 is 0 Å². The van der Waals surface area contributed by atoms with Gasteiger partial charge in [-0.05, 0) is 18.6 Å². The fourth-order valence-electron chi connectivity index (χ4n) is 3.48. The number of unbranched alkanes of at least 4 members (excludes halogenated alkanes) is 13. The SMILES string of the molecule is CCCCCCCCCCCCCCCCS(=O)(=O)Nc1ccccc1C([NH])=O. The molecule has 5 nitrogen and oxygen atoms in total. The Labute approximate surface area is 177 Å². The molecule has 1 radical (unpaired) electrons. The van der Waals surface area contributed by atoms with Crippen molar-refractivity contribution in [3.8, 4) is 0 Å². The van der Waals surface area contributed by atoms with Crippen LogP contribution in [0.25, 0.3) is 0 Å². The molecule has 0 bridgehead atoms. The van der Waals surface area contributed by atoms with E-state index in [1.807, 2.05) is 0 Å². The maximum Gasteiger partial charge on any atom is 0.271 e. The van der Waals surface area contributed by atoms with Gasteiger partial charge in [-0.15, -0.1) is 0 Å². The Morgan fingerprint density at radius 2 is 1.24 bits per heavy atom. The van der Waals surface area contributed by atoms with E-state index in [1.54, 1.807) is 12.1 Å². The number of para-hydroxylation sites is 1. The lowest BCUT2D eigenvalue weighted by Gasteiger charge is -2.10. The quantitative estimate of drug-likeness (QED) is 0.280. The third-order valence-electron chi connectivity index (χ3n) is 5.20. The van der Waals surface area contributed by atoms with E-state index in [0.29, 0.717) is 6.42 Å². The zero-order chi connectivity index (χ0) is 21.4. The zero-order valence-electron chi connectivity index (χ0n) is 18.0. The van der Waals surface area contributed by atoms with E-state index in [2.05, 4.69) is 11.6 Å². The summed E-state index contributed by atoms with van der Waals surface area (Å²) in [5, 5.41) is 0. The van der Waals surface area contributed by atoms with Crippen molar-refractivity contribution in [2.45, 2.75) is 96.8 Å². The number of carbonyl (C=O) groups excluding carboxylic acids is 1. The Morgan fingerprint density at radius 3 is 1.72 bits per heavy atom. The van der Waals surface area contributed by atoms with E-state index in [4.69, 9.17) is 5.73 Å². The van der Waals surface area contributed by atoms with Crippen molar-refractivity contribution in [1.82, 2.24) is 5.73 Å². The predicted octanol–water partition coefficient (Wildman–Crippen LogP) is 6.33. The second kappa shape index (κ2) is 15.3. The number of sulfonamides is 1. The Morgan fingerprint density at radius 1 is 0.793 bits per heavy atom. The average Bonchev–Trinajstić information content (AvgIpc) is 2.68. The fourth-order valence-corrected chi connectivity index (χ4v) is 4.67. The second-order valence-electron chi connectivity index (χ2n) is 7.89. The third kappa shape index (κ3) is 12.6. The van der Waals surface area contributed by atoms with Crippen molar-refractivity contribution in [3.63, 3.8) is 0 Å². The van der Waals surface area contributed by atoms with Crippen LogP contribution in [0.1, 0.15) is 107 Å². The summed E-state index contributed by atoms with van der Waals surface area (Å²) in [5.41, 5.74) is 7.49. The molecule has 1 aromatic rings. The molecule has 6 heteroatoms. The first-order valence-electron chi connectivity index (χ1n) is 11.3. The molecule has 0 spiro atoms. The first-order valence-corrected chi connectivity index (χ1v) is 13.0. The molecule has 0 aromatic heterocycles. The van der Waals surface area contributed by atoms with Crippen LogP contribution in [-0.2, 0) is 10.0 Å². The van der Waals surface area contributed by atoms with Gasteiger partial charge in [-0.25, -0.2) is 8.42 Å². The molecule has 1 aromatic carbocycles. The van der Waals surface area contributed by atoms with Gasteiger partial charge in [0.25, 0.3) is 5.91 Å². The van der Waals surface area contributed by atoms with Crippen LogP contribution in [0.15, 0.2) is 24.3 Å². The van der Waals surface area contributed by atoms with Crippen LogP contribution in [-0.4, -0.2) is 20.1 Å². The van der Waals surface area contributed by atoms with Crippen LogP contribution in [0.3, 0.4) is 0 Å². The smallest absolute Gasteiger partial charge is 0.271 e. The Hall–Kier alpha value is -1.56. The monoisotopic (exact) mass is 423 g/mol. The molecule has 1 rings (SSSR count). The van der Waals surface area contributed by atoms with Gasteiger partial charge in [-0.2, -0.15) is 0 Å². The molecule has 0 unspecified atom stereocenters. The summed E-state index contributed by atoms with van der Waals surface area (Å²) in [6.07, 6.45) is 17.1. The summed E-state index contributed by atoms with van der Waals surface area (Å²) in [5.74, 6) is -0.842. The van der Waals surface area contributed by atoms with E-state index in [1.165, 1.54) is 82.8 Å². The maximum absolute atomic E-state index is 12.2. The highest BCUT2D eigenvalue weighted by Gasteiger charge is 2.14. The summed E-state index contributed by atoms with van der Waals surface area (Å²) in [6.45, 7) is 2.25. The molecule has 0 fully saturated rings. The molecule has 1 amide bonds. The minimum absolute atomic E-state index is 0.0472. The van der Waals surface area contributed by atoms with Gasteiger partial charge in [0.15, 0.2) is 0 Å². The van der Waals surface area contributed by atoms with Crippen molar-refractivity contribution >= 4 is 21.6 Å². The fraction of sp³-hybridized carbons (Fsp3) is 0.696. The molecule has 0 aliphatic heterocycles.